The van der Waals surface area contributed by atoms with E-state index in [2.05, 4.69) is 6.92 Å². The molecule has 0 spiro atoms. The smallest absolute Gasteiger partial charge is 0.209 e. The van der Waals surface area contributed by atoms with Gasteiger partial charge in [0.2, 0.25) is 10.0 Å². The maximum absolute atomic E-state index is 10.8. The zero-order valence-corrected chi connectivity index (χ0v) is 11.1. The maximum atomic E-state index is 10.8. The van der Waals surface area contributed by atoms with Gasteiger partial charge >= 0.3 is 0 Å². The van der Waals surface area contributed by atoms with Crippen LogP contribution < -0.4 is 5.14 Å². The van der Waals surface area contributed by atoms with Gasteiger partial charge in [-0.25, -0.2) is 13.6 Å². The molecule has 0 saturated heterocycles. The lowest BCUT2D eigenvalue weighted by Gasteiger charge is -2.27. The van der Waals surface area contributed by atoms with Crippen LogP contribution in [0, 0.1) is 11.8 Å². The molecule has 0 radical (unpaired) electrons. The van der Waals surface area contributed by atoms with Crippen LogP contribution in [-0.2, 0) is 10.0 Å². The molecule has 16 heavy (non-hydrogen) atoms. The Balaban J connectivity index is 2.12. The number of unbranched alkanes of at least 4 members (excludes halogenated alkanes) is 1. The van der Waals surface area contributed by atoms with Gasteiger partial charge in [-0.15, -0.1) is 0 Å². The molecule has 4 heteroatoms. The fraction of sp³-hybridized carbons (Fsp3) is 1.00. The van der Waals surface area contributed by atoms with Gasteiger partial charge in [-0.3, -0.25) is 0 Å². The number of hydrogen-bond donors (Lipinski definition) is 1. The predicted octanol–water partition coefficient (Wildman–Crippen LogP) is 2.66. The van der Waals surface area contributed by atoms with Crippen LogP contribution in [0.3, 0.4) is 0 Å². The van der Waals surface area contributed by atoms with Gasteiger partial charge in [0, 0.05) is 0 Å². The minimum absolute atomic E-state index is 0.143. The summed E-state index contributed by atoms with van der Waals surface area (Å²) >= 11 is 0. The Morgan fingerprint density at radius 2 is 1.81 bits per heavy atom. The molecule has 0 aromatic heterocycles. The topological polar surface area (TPSA) is 60.2 Å². The third-order valence-electron chi connectivity index (χ3n) is 3.79. The molecule has 1 saturated carbocycles. The van der Waals surface area contributed by atoms with E-state index in [1.165, 1.54) is 32.1 Å². The van der Waals surface area contributed by atoms with Crippen molar-refractivity contribution in [2.75, 3.05) is 5.75 Å². The van der Waals surface area contributed by atoms with E-state index in [1.807, 2.05) is 0 Å². The molecule has 96 valence electrons. The lowest BCUT2D eigenvalue weighted by atomic mass is 9.79. The zero-order chi connectivity index (χ0) is 12.0. The summed E-state index contributed by atoms with van der Waals surface area (Å²) in [5.74, 6) is 1.77. The van der Waals surface area contributed by atoms with Crippen molar-refractivity contribution < 1.29 is 8.42 Å². The molecular weight excluding hydrogens is 222 g/mol. The Morgan fingerprint density at radius 3 is 2.38 bits per heavy atom. The zero-order valence-electron chi connectivity index (χ0n) is 10.3. The lowest BCUT2D eigenvalue weighted by molar-refractivity contribution is 0.248. The van der Waals surface area contributed by atoms with E-state index in [-0.39, 0.29) is 5.75 Å². The number of primary sulfonamides is 1. The van der Waals surface area contributed by atoms with Gasteiger partial charge in [-0.1, -0.05) is 51.9 Å². The van der Waals surface area contributed by atoms with E-state index in [9.17, 15) is 8.42 Å². The van der Waals surface area contributed by atoms with Crippen LogP contribution in [0.4, 0.5) is 0 Å². The first-order valence-corrected chi connectivity index (χ1v) is 8.21. The number of sulfonamides is 1. The average Bonchev–Trinajstić information content (AvgIpc) is 2.24. The van der Waals surface area contributed by atoms with Gasteiger partial charge in [0.05, 0.1) is 5.75 Å². The summed E-state index contributed by atoms with van der Waals surface area (Å²) in [6.07, 6.45) is 9.77. The van der Waals surface area contributed by atoms with E-state index in [0.717, 1.165) is 31.1 Å². The van der Waals surface area contributed by atoms with Crippen LogP contribution in [0.25, 0.3) is 0 Å². The van der Waals surface area contributed by atoms with Gasteiger partial charge in [-0.05, 0) is 18.3 Å². The van der Waals surface area contributed by atoms with Gasteiger partial charge < -0.3 is 0 Å². The molecule has 0 aromatic rings. The van der Waals surface area contributed by atoms with Crippen LogP contribution in [0.5, 0.6) is 0 Å². The van der Waals surface area contributed by atoms with Crippen molar-refractivity contribution in [2.24, 2.45) is 17.0 Å². The Hall–Kier alpha value is -0.0900. The van der Waals surface area contributed by atoms with E-state index in [0.29, 0.717) is 0 Å². The second-order valence-electron chi connectivity index (χ2n) is 5.24. The monoisotopic (exact) mass is 247 g/mol. The summed E-state index contributed by atoms with van der Waals surface area (Å²) in [5.41, 5.74) is 0. The molecule has 0 heterocycles. The summed E-state index contributed by atoms with van der Waals surface area (Å²) in [4.78, 5) is 0. The van der Waals surface area contributed by atoms with E-state index >= 15 is 0 Å². The second-order valence-corrected chi connectivity index (χ2v) is 6.97. The Labute approximate surface area is 99.8 Å². The molecule has 1 rings (SSSR count). The highest BCUT2D eigenvalue weighted by molar-refractivity contribution is 7.89. The number of rotatable bonds is 6. The van der Waals surface area contributed by atoms with Crippen molar-refractivity contribution in [2.45, 2.75) is 58.3 Å². The first-order chi connectivity index (χ1) is 7.49. The summed E-state index contributed by atoms with van der Waals surface area (Å²) in [6, 6.07) is 0. The summed E-state index contributed by atoms with van der Waals surface area (Å²) in [6.45, 7) is 2.31. The van der Waals surface area contributed by atoms with Crippen LogP contribution in [0.1, 0.15) is 58.3 Å². The molecule has 0 bridgehead atoms. The van der Waals surface area contributed by atoms with E-state index in [1.54, 1.807) is 0 Å². The van der Waals surface area contributed by atoms with Gasteiger partial charge in [-0.2, -0.15) is 0 Å². The number of nitrogens with two attached hydrogens (primary N) is 1. The molecule has 1 unspecified atom stereocenters. The molecule has 1 aliphatic rings. The molecule has 2 N–H and O–H groups in total. The third-order valence-corrected chi connectivity index (χ3v) is 4.65. The highest BCUT2D eigenvalue weighted by Crippen LogP contribution is 2.32. The lowest BCUT2D eigenvalue weighted by Crippen LogP contribution is -2.18. The molecule has 1 fully saturated rings. The molecule has 1 aliphatic carbocycles. The Kier molecular flexibility index (Phi) is 5.76. The Morgan fingerprint density at radius 1 is 1.19 bits per heavy atom. The SMILES string of the molecule is CC(CCCCS(N)(=O)=O)C1CCCCC1. The van der Waals surface area contributed by atoms with Crippen molar-refractivity contribution in [1.29, 1.82) is 0 Å². The fourth-order valence-corrected chi connectivity index (χ4v) is 3.31. The molecule has 1 atom stereocenters. The fourth-order valence-electron chi connectivity index (χ4n) is 2.71. The summed E-state index contributed by atoms with van der Waals surface area (Å²) < 4.78 is 21.5. The molecule has 3 nitrogen and oxygen atoms in total. The summed E-state index contributed by atoms with van der Waals surface area (Å²) in [5, 5.41) is 4.97. The average molecular weight is 247 g/mol. The summed E-state index contributed by atoms with van der Waals surface area (Å²) in [7, 11) is -3.25. The molecule has 0 amide bonds. The van der Waals surface area contributed by atoms with E-state index in [4.69, 9.17) is 5.14 Å². The van der Waals surface area contributed by atoms with E-state index < -0.39 is 10.0 Å². The normalized spacial score (nSPS) is 20.9. The maximum Gasteiger partial charge on any atom is 0.209 e. The second kappa shape index (κ2) is 6.60. The van der Waals surface area contributed by atoms with Crippen molar-refractivity contribution in [1.82, 2.24) is 0 Å². The van der Waals surface area contributed by atoms with Crippen LogP contribution in [-0.4, -0.2) is 14.2 Å². The predicted molar refractivity (Wildman–Crippen MR) is 67.6 cm³/mol. The highest BCUT2D eigenvalue weighted by atomic mass is 32.2. The van der Waals surface area contributed by atoms with Gasteiger partial charge in [0.1, 0.15) is 0 Å². The first-order valence-electron chi connectivity index (χ1n) is 6.49. The third kappa shape index (κ3) is 5.85. The van der Waals surface area contributed by atoms with Crippen molar-refractivity contribution in [3.63, 3.8) is 0 Å². The highest BCUT2D eigenvalue weighted by Gasteiger charge is 2.19. The van der Waals surface area contributed by atoms with Crippen molar-refractivity contribution >= 4 is 10.0 Å². The molecule has 0 aliphatic heterocycles. The van der Waals surface area contributed by atoms with Crippen molar-refractivity contribution in [3.05, 3.63) is 0 Å². The minimum atomic E-state index is -3.25. The Bertz CT molecular complexity index is 281. The van der Waals surface area contributed by atoms with Gasteiger partial charge in [0.25, 0.3) is 0 Å². The largest absolute Gasteiger partial charge is 0.229 e. The minimum Gasteiger partial charge on any atom is -0.229 e. The standard InChI is InChI=1S/C12H25NO2S/c1-11(12-8-3-2-4-9-12)7-5-6-10-16(13,14)15/h11-12H,2-10H2,1H3,(H2,13,14,15). The number of hydrogen-bond acceptors (Lipinski definition) is 2. The van der Waals surface area contributed by atoms with Crippen molar-refractivity contribution in [3.8, 4) is 0 Å². The first kappa shape index (κ1) is 14.0. The van der Waals surface area contributed by atoms with Crippen LogP contribution in [0.15, 0.2) is 0 Å². The molecular formula is C12H25NO2S. The van der Waals surface area contributed by atoms with Gasteiger partial charge in [0.15, 0.2) is 0 Å². The van der Waals surface area contributed by atoms with Crippen LogP contribution >= 0.6 is 0 Å². The van der Waals surface area contributed by atoms with Crippen LogP contribution in [0.2, 0.25) is 0 Å². The molecule has 0 aromatic carbocycles. The quantitative estimate of drug-likeness (QED) is 0.733.